The Bertz CT molecular complexity index is 767. The van der Waals surface area contributed by atoms with Crippen LogP contribution in [0.1, 0.15) is 12.8 Å². The van der Waals surface area contributed by atoms with Gasteiger partial charge in [0.2, 0.25) is 17.5 Å². The van der Waals surface area contributed by atoms with Gasteiger partial charge in [0.1, 0.15) is 12.4 Å². The van der Waals surface area contributed by atoms with Crippen LogP contribution in [0.25, 0.3) is 15.6 Å². The molecule has 1 saturated heterocycles. The van der Waals surface area contributed by atoms with Gasteiger partial charge in [0, 0.05) is 18.0 Å². The zero-order valence-electron chi connectivity index (χ0n) is 12.1. The summed E-state index contributed by atoms with van der Waals surface area (Å²) < 4.78 is 11.0. The monoisotopic (exact) mass is 297 g/mol. The molecule has 0 aliphatic carbocycles. The van der Waals surface area contributed by atoms with E-state index in [1.165, 1.54) is 7.11 Å². The predicted molar refractivity (Wildman–Crippen MR) is 81.2 cm³/mol. The summed E-state index contributed by atoms with van der Waals surface area (Å²) in [5.74, 6) is 1.03. The molecule has 6 heteroatoms. The molecule has 2 heterocycles. The van der Waals surface area contributed by atoms with Crippen LogP contribution in [0.5, 0.6) is 11.6 Å². The Hall–Kier alpha value is -2.81. The maximum Gasteiger partial charge on any atom is 0.228 e. The quantitative estimate of drug-likeness (QED) is 0.880. The number of amides is 1. The van der Waals surface area contributed by atoms with E-state index in [0.717, 1.165) is 17.2 Å². The van der Waals surface area contributed by atoms with Crippen LogP contribution in [0.2, 0.25) is 0 Å². The SMILES string of the molecule is [C-]#[N+]c1cc2ccnc(OC[C@@H]3CCC(=O)N3)c2cc1OC. The summed E-state index contributed by atoms with van der Waals surface area (Å²) in [4.78, 5) is 18.9. The lowest BCUT2D eigenvalue weighted by Gasteiger charge is -2.13. The van der Waals surface area contributed by atoms with E-state index in [9.17, 15) is 4.79 Å². The van der Waals surface area contributed by atoms with Crippen LogP contribution < -0.4 is 14.8 Å². The van der Waals surface area contributed by atoms with Gasteiger partial charge in [0.05, 0.1) is 19.7 Å². The fourth-order valence-corrected chi connectivity index (χ4v) is 2.51. The molecule has 0 radical (unpaired) electrons. The molecular weight excluding hydrogens is 282 g/mol. The molecule has 0 saturated carbocycles. The number of aromatic nitrogens is 1. The summed E-state index contributed by atoms with van der Waals surface area (Å²) in [5.41, 5.74) is 0.454. The number of rotatable bonds is 4. The number of carbonyl (C=O) groups excluding carboxylic acids is 1. The molecule has 0 unspecified atom stereocenters. The van der Waals surface area contributed by atoms with Crippen LogP contribution in [-0.2, 0) is 4.79 Å². The highest BCUT2D eigenvalue weighted by molar-refractivity contribution is 5.92. The zero-order chi connectivity index (χ0) is 15.5. The van der Waals surface area contributed by atoms with E-state index < -0.39 is 0 Å². The number of carbonyl (C=O) groups is 1. The van der Waals surface area contributed by atoms with E-state index in [4.69, 9.17) is 16.0 Å². The third-order valence-corrected chi connectivity index (χ3v) is 3.65. The second-order valence-electron chi connectivity index (χ2n) is 5.09. The van der Waals surface area contributed by atoms with Gasteiger partial charge in [-0.05, 0) is 30.0 Å². The van der Waals surface area contributed by atoms with E-state index in [-0.39, 0.29) is 11.9 Å². The highest BCUT2D eigenvalue weighted by Gasteiger charge is 2.21. The van der Waals surface area contributed by atoms with Crippen LogP contribution in [-0.4, -0.2) is 30.6 Å². The van der Waals surface area contributed by atoms with Crippen molar-refractivity contribution < 1.29 is 14.3 Å². The molecule has 0 bridgehead atoms. The molecule has 2 aromatic rings. The van der Waals surface area contributed by atoms with Crippen molar-refractivity contribution in [3.05, 3.63) is 35.8 Å². The standard InChI is InChI=1S/C16H15N3O3/c1-17-13-7-10-5-6-18-16(12(10)8-14(13)21-2)22-9-11-3-4-15(20)19-11/h5-8,11H,3-4,9H2,2H3,(H,19,20)/t11-/m0/s1. The first-order valence-electron chi connectivity index (χ1n) is 6.97. The van der Waals surface area contributed by atoms with Crippen molar-refractivity contribution in [2.45, 2.75) is 18.9 Å². The Balaban J connectivity index is 1.89. The minimum atomic E-state index is 0.0222. The first-order valence-corrected chi connectivity index (χ1v) is 6.97. The van der Waals surface area contributed by atoms with Crippen LogP contribution >= 0.6 is 0 Å². The van der Waals surface area contributed by atoms with Gasteiger partial charge in [-0.3, -0.25) is 4.79 Å². The number of nitrogens with one attached hydrogen (secondary N) is 1. The van der Waals surface area contributed by atoms with Gasteiger partial charge in [-0.2, -0.15) is 0 Å². The van der Waals surface area contributed by atoms with Crippen molar-refractivity contribution in [2.75, 3.05) is 13.7 Å². The largest absolute Gasteiger partial charge is 0.508 e. The lowest BCUT2D eigenvalue weighted by molar-refractivity contribution is -0.119. The Morgan fingerprint density at radius 3 is 3.05 bits per heavy atom. The molecule has 1 N–H and O–H groups in total. The highest BCUT2D eigenvalue weighted by atomic mass is 16.5. The summed E-state index contributed by atoms with van der Waals surface area (Å²) in [7, 11) is 1.53. The second-order valence-corrected chi connectivity index (χ2v) is 5.09. The Kier molecular flexibility index (Phi) is 3.79. The number of benzene rings is 1. The minimum Gasteiger partial charge on any atom is -0.508 e. The number of hydrogen-bond donors (Lipinski definition) is 1. The second kappa shape index (κ2) is 5.90. The summed E-state index contributed by atoms with van der Waals surface area (Å²) in [6.45, 7) is 7.57. The highest BCUT2D eigenvalue weighted by Crippen LogP contribution is 2.35. The Labute approximate surface area is 127 Å². The average molecular weight is 297 g/mol. The third kappa shape index (κ3) is 2.66. The van der Waals surface area contributed by atoms with Gasteiger partial charge >= 0.3 is 0 Å². The van der Waals surface area contributed by atoms with Crippen molar-refractivity contribution >= 4 is 22.4 Å². The van der Waals surface area contributed by atoms with E-state index in [0.29, 0.717) is 30.3 Å². The molecular formula is C16H15N3O3. The van der Waals surface area contributed by atoms with Gasteiger partial charge in [-0.25, -0.2) is 9.83 Å². The van der Waals surface area contributed by atoms with Crippen molar-refractivity contribution in [1.82, 2.24) is 10.3 Å². The molecule has 1 amide bonds. The van der Waals surface area contributed by atoms with Gasteiger partial charge in [-0.15, -0.1) is 0 Å². The molecule has 0 spiro atoms. The number of ether oxygens (including phenoxy) is 2. The summed E-state index contributed by atoms with van der Waals surface area (Å²) in [6.07, 6.45) is 2.96. The number of nitrogens with zero attached hydrogens (tertiary/aromatic N) is 2. The van der Waals surface area contributed by atoms with E-state index in [1.54, 1.807) is 18.3 Å². The van der Waals surface area contributed by atoms with E-state index >= 15 is 0 Å². The van der Waals surface area contributed by atoms with E-state index in [1.807, 2.05) is 6.07 Å². The lowest BCUT2D eigenvalue weighted by Crippen LogP contribution is -2.31. The lowest BCUT2D eigenvalue weighted by atomic mass is 10.1. The first kappa shape index (κ1) is 14.1. The molecule has 22 heavy (non-hydrogen) atoms. The Morgan fingerprint density at radius 1 is 1.50 bits per heavy atom. The zero-order valence-corrected chi connectivity index (χ0v) is 12.1. The predicted octanol–water partition coefficient (Wildman–Crippen LogP) is 2.45. The van der Waals surface area contributed by atoms with Crippen LogP contribution in [0.15, 0.2) is 24.4 Å². The van der Waals surface area contributed by atoms with E-state index in [2.05, 4.69) is 15.1 Å². The van der Waals surface area contributed by atoms with Crippen molar-refractivity contribution in [2.24, 2.45) is 0 Å². The smallest absolute Gasteiger partial charge is 0.228 e. The number of methoxy groups -OCH3 is 1. The number of hydrogen-bond acceptors (Lipinski definition) is 4. The first-order chi connectivity index (χ1) is 10.7. The molecule has 1 atom stereocenters. The maximum absolute atomic E-state index is 11.2. The third-order valence-electron chi connectivity index (χ3n) is 3.65. The maximum atomic E-state index is 11.2. The Morgan fingerprint density at radius 2 is 2.36 bits per heavy atom. The average Bonchev–Trinajstić information content (AvgIpc) is 2.96. The molecule has 3 rings (SSSR count). The van der Waals surface area contributed by atoms with Crippen LogP contribution in [0.4, 0.5) is 5.69 Å². The van der Waals surface area contributed by atoms with Crippen LogP contribution in [0.3, 0.4) is 0 Å². The van der Waals surface area contributed by atoms with Crippen LogP contribution in [0, 0.1) is 6.57 Å². The topological polar surface area (TPSA) is 64.8 Å². The fourth-order valence-electron chi connectivity index (χ4n) is 2.51. The van der Waals surface area contributed by atoms with Gasteiger partial charge in [0.15, 0.2) is 0 Å². The molecule has 1 fully saturated rings. The number of pyridine rings is 1. The molecule has 112 valence electrons. The van der Waals surface area contributed by atoms with Crippen molar-refractivity contribution in [3.8, 4) is 11.6 Å². The van der Waals surface area contributed by atoms with Gasteiger partial charge in [0.25, 0.3) is 0 Å². The summed E-state index contributed by atoms with van der Waals surface area (Å²) >= 11 is 0. The molecule has 1 aromatic heterocycles. The molecule has 1 aromatic carbocycles. The normalized spacial score (nSPS) is 17.1. The van der Waals surface area contributed by atoms with Crippen molar-refractivity contribution in [3.63, 3.8) is 0 Å². The minimum absolute atomic E-state index is 0.0222. The molecule has 1 aliphatic rings. The molecule has 1 aliphatic heterocycles. The van der Waals surface area contributed by atoms with Gasteiger partial charge in [-0.1, -0.05) is 0 Å². The fraction of sp³-hybridized carbons (Fsp3) is 0.312. The summed E-state index contributed by atoms with van der Waals surface area (Å²) in [5, 5.41) is 4.51. The number of fused-ring (bicyclic) bond motifs is 1. The molecule has 6 nitrogen and oxygen atoms in total. The van der Waals surface area contributed by atoms with Crippen molar-refractivity contribution in [1.29, 1.82) is 0 Å². The summed E-state index contributed by atoms with van der Waals surface area (Å²) in [6, 6.07) is 5.37. The van der Waals surface area contributed by atoms with Gasteiger partial charge < -0.3 is 14.8 Å².